The van der Waals surface area contributed by atoms with E-state index in [-0.39, 0.29) is 5.41 Å². The Bertz CT molecular complexity index is 350. The van der Waals surface area contributed by atoms with Crippen LogP contribution in [0.15, 0.2) is 18.2 Å². The van der Waals surface area contributed by atoms with Gasteiger partial charge in [0.1, 0.15) is 5.75 Å². The molecule has 0 saturated heterocycles. The molecule has 1 heterocycles. The van der Waals surface area contributed by atoms with Crippen LogP contribution in [-0.2, 0) is 5.41 Å². The summed E-state index contributed by atoms with van der Waals surface area (Å²) in [6.07, 6.45) is 0. The molecule has 0 radical (unpaired) electrons. The molecular formula is C15H24O. The predicted molar refractivity (Wildman–Crippen MR) is 70.4 cm³/mol. The van der Waals surface area contributed by atoms with Crippen molar-refractivity contribution in [2.75, 3.05) is 6.61 Å². The maximum Gasteiger partial charge on any atom is 0.123 e. The average Bonchev–Trinajstić information content (AvgIpc) is 2.57. The molecule has 0 spiro atoms. The van der Waals surface area contributed by atoms with Gasteiger partial charge in [0.05, 0.1) is 6.61 Å². The molecule has 0 bridgehead atoms. The van der Waals surface area contributed by atoms with Crippen LogP contribution in [0.4, 0.5) is 0 Å². The van der Waals surface area contributed by atoms with Crippen LogP contribution < -0.4 is 4.74 Å². The summed E-state index contributed by atoms with van der Waals surface area (Å²) in [5.74, 6) is 1.66. The Hall–Kier alpha value is -0.980. The molecule has 0 saturated carbocycles. The second-order valence-electron chi connectivity index (χ2n) is 5.08. The van der Waals surface area contributed by atoms with Crippen LogP contribution in [0.5, 0.6) is 5.75 Å². The Kier molecular flexibility index (Phi) is 4.01. The van der Waals surface area contributed by atoms with Crippen LogP contribution in [0, 0.1) is 0 Å². The monoisotopic (exact) mass is 220 g/mol. The molecule has 0 aliphatic carbocycles. The molecule has 0 N–H and O–H groups in total. The zero-order valence-corrected chi connectivity index (χ0v) is 11.4. The lowest BCUT2D eigenvalue weighted by molar-refractivity contribution is 0.291. The lowest BCUT2D eigenvalue weighted by atomic mass is 9.85. The molecule has 90 valence electrons. The zero-order valence-electron chi connectivity index (χ0n) is 11.4. The van der Waals surface area contributed by atoms with Gasteiger partial charge in [0, 0.05) is 11.0 Å². The van der Waals surface area contributed by atoms with Crippen LogP contribution in [0.2, 0.25) is 0 Å². The SMILES string of the molecule is CC.CC(C)c1ccc2c(c1)C(C)(C)CO2. The summed E-state index contributed by atoms with van der Waals surface area (Å²) in [5.41, 5.74) is 2.95. The van der Waals surface area contributed by atoms with Gasteiger partial charge in [0.2, 0.25) is 0 Å². The molecule has 1 aromatic carbocycles. The number of rotatable bonds is 1. The van der Waals surface area contributed by atoms with Crippen molar-refractivity contribution in [3.63, 3.8) is 0 Å². The van der Waals surface area contributed by atoms with E-state index in [1.807, 2.05) is 13.8 Å². The number of fused-ring (bicyclic) bond motifs is 1. The fourth-order valence-electron chi connectivity index (χ4n) is 1.90. The van der Waals surface area contributed by atoms with Gasteiger partial charge < -0.3 is 4.74 Å². The van der Waals surface area contributed by atoms with E-state index < -0.39 is 0 Å². The minimum absolute atomic E-state index is 0.181. The highest BCUT2D eigenvalue weighted by molar-refractivity contribution is 5.45. The number of benzene rings is 1. The first kappa shape index (κ1) is 13.1. The summed E-state index contributed by atoms with van der Waals surface area (Å²) >= 11 is 0. The Balaban J connectivity index is 0.000000606. The van der Waals surface area contributed by atoms with Gasteiger partial charge in [-0.25, -0.2) is 0 Å². The summed E-state index contributed by atoms with van der Waals surface area (Å²) < 4.78 is 5.65. The van der Waals surface area contributed by atoms with Gasteiger partial charge in [-0.2, -0.15) is 0 Å². The van der Waals surface area contributed by atoms with Gasteiger partial charge in [0.15, 0.2) is 0 Å². The van der Waals surface area contributed by atoms with Crippen molar-refractivity contribution in [1.82, 2.24) is 0 Å². The summed E-state index contributed by atoms with van der Waals surface area (Å²) in [6.45, 7) is 13.7. The van der Waals surface area contributed by atoms with Crippen molar-refractivity contribution in [3.05, 3.63) is 29.3 Å². The fraction of sp³-hybridized carbons (Fsp3) is 0.600. The van der Waals surface area contributed by atoms with E-state index in [0.29, 0.717) is 5.92 Å². The lowest BCUT2D eigenvalue weighted by Crippen LogP contribution is -2.18. The van der Waals surface area contributed by atoms with E-state index in [1.165, 1.54) is 11.1 Å². The van der Waals surface area contributed by atoms with Crippen LogP contribution >= 0.6 is 0 Å². The fourth-order valence-corrected chi connectivity index (χ4v) is 1.90. The molecule has 16 heavy (non-hydrogen) atoms. The molecule has 0 unspecified atom stereocenters. The molecule has 1 heteroatoms. The van der Waals surface area contributed by atoms with E-state index in [1.54, 1.807) is 0 Å². The highest BCUT2D eigenvalue weighted by atomic mass is 16.5. The van der Waals surface area contributed by atoms with E-state index in [9.17, 15) is 0 Å². The number of ether oxygens (including phenoxy) is 1. The van der Waals surface area contributed by atoms with Crippen LogP contribution in [0.1, 0.15) is 58.6 Å². The van der Waals surface area contributed by atoms with Gasteiger partial charge in [-0.1, -0.05) is 53.7 Å². The molecule has 1 aliphatic rings. The van der Waals surface area contributed by atoms with Gasteiger partial charge in [-0.3, -0.25) is 0 Å². The Morgan fingerprint density at radius 3 is 2.38 bits per heavy atom. The molecule has 0 amide bonds. The first-order valence-electron chi connectivity index (χ1n) is 6.28. The molecular weight excluding hydrogens is 196 g/mol. The zero-order chi connectivity index (χ0) is 12.3. The third-order valence-electron chi connectivity index (χ3n) is 2.99. The highest BCUT2D eigenvalue weighted by Gasteiger charge is 2.31. The minimum atomic E-state index is 0.181. The van der Waals surface area contributed by atoms with Crippen molar-refractivity contribution in [3.8, 4) is 5.75 Å². The van der Waals surface area contributed by atoms with Crippen LogP contribution in [-0.4, -0.2) is 6.61 Å². The van der Waals surface area contributed by atoms with E-state index >= 15 is 0 Å². The van der Waals surface area contributed by atoms with Gasteiger partial charge >= 0.3 is 0 Å². The topological polar surface area (TPSA) is 9.23 Å². The quantitative estimate of drug-likeness (QED) is 0.676. The summed E-state index contributed by atoms with van der Waals surface area (Å²) in [7, 11) is 0. The molecule has 0 atom stereocenters. The first-order valence-corrected chi connectivity index (χ1v) is 6.28. The third kappa shape index (κ3) is 2.40. The van der Waals surface area contributed by atoms with Crippen molar-refractivity contribution < 1.29 is 4.74 Å². The second kappa shape index (κ2) is 4.90. The molecule has 1 aromatic rings. The molecule has 1 aliphatic heterocycles. The van der Waals surface area contributed by atoms with Crippen molar-refractivity contribution in [2.24, 2.45) is 0 Å². The Labute approximate surface area is 99.8 Å². The van der Waals surface area contributed by atoms with Crippen molar-refractivity contribution >= 4 is 0 Å². The van der Waals surface area contributed by atoms with Crippen molar-refractivity contribution in [1.29, 1.82) is 0 Å². The normalized spacial score (nSPS) is 16.2. The standard InChI is InChI=1S/C13H18O.C2H6/c1-9(2)10-5-6-12-11(7-10)13(3,4)8-14-12;1-2/h5-7,9H,8H2,1-4H3;1-2H3. The predicted octanol–water partition coefficient (Wildman–Crippen LogP) is 4.51. The highest BCUT2D eigenvalue weighted by Crippen LogP contribution is 2.39. The summed E-state index contributed by atoms with van der Waals surface area (Å²) in [5, 5.41) is 0. The third-order valence-corrected chi connectivity index (χ3v) is 2.99. The summed E-state index contributed by atoms with van der Waals surface area (Å²) in [6, 6.07) is 6.58. The molecule has 1 nitrogen and oxygen atoms in total. The first-order chi connectivity index (χ1) is 7.50. The molecule has 0 fully saturated rings. The van der Waals surface area contributed by atoms with E-state index in [2.05, 4.69) is 45.9 Å². The van der Waals surface area contributed by atoms with Crippen molar-refractivity contribution in [2.45, 2.75) is 52.9 Å². The minimum Gasteiger partial charge on any atom is -0.492 e. The molecule has 0 aromatic heterocycles. The average molecular weight is 220 g/mol. The van der Waals surface area contributed by atoms with E-state index in [0.717, 1.165) is 12.4 Å². The Morgan fingerprint density at radius 1 is 1.19 bits per heavy atom. The largest absolute Gasteiger partial charge is 0.492 e. The maximum atomic E-state index is 5.65. The lowest BCUT2D eigenvalue weighted by Gasteiger charge is -2.16. The smallest absolute Gasteiger partial charge is 0.123 e. The van der Waals surface area contributed by atoms with E-state index in [4.69, 9.17) is 4.74 Å². The molecule has 2 rings (SSSR count). The number of hydrogen-bond donors (Lipinski definition) is 0. The van der Waals surface area contributed by atoms with Gasteiger partial charge in [-0.05, 0) is 17.5 Å². The second-order valence-corrected chi connectivity index (χ2v) is 5.08. The maximum absolute atomic E-state index is 5.65. The van der Waals surface area contributed by atoms with Crippen LogP contribution in [0.25, 0.3) is 0 Å². The number of hydrogen-bond acceptors (Lipinski definition) is 1. The van der Waals surface area contributed by atoms with Gasteiger partial charge in [0.25, 0.3) is 0 Å². The summed E-state index contributed by atoms with van der Waals surface area (Å²) in [4.78, 5) is 0. The van der Waals surface area contributed by atoms with Gasteiger partial charge in [-0.15, -0.1) is 0 Å². The Morgan fingerprint density at radius 2 is 1.81 bits per heavy atom. The van der Waals surface area contributed by atoms with Crippen LogP contribution in [0.3, 0.4) is 0 Å².